The molecule has 10 heteroatoms. The molecule has 1 fully saturated rings. The van der Waals surface area contributed by atoms with Gasteiger partial charge in [-0.15, -0.1) is 10.2 Å². The fourth-order valence-corrected chi connectivity index (χ4v) is 3.39. The highest BCUT2D eigenvalue weighted by Gasteiger charge is 2.41. The molecule has 1 aromatic rings. The number of aryl methyl sites for hydroxylation is 1. The van der Waals surface area contributed by atoms with Crippen molar-refractivity contribution < 1.29 is 17.9 Å². The summed E-state index contributed by atoms with van der Waals surface area (Å²) in [4.78, 5) is 13.2. The number of amides is 1. The smallest absolute Gasteiger partial charge is 0.410 e. The molecular formula is C13H23N5O4S. The molecule has 0 unspecified atom stereocenters. The van der Waals surface area contributed by atoms with Gasteiger partial charge < -0.3 is 14.2 Å². The normalized spacial score (nSPS) is 16.3. The van der Waals surface area contributed by atoms with Gasteiger partial charge in [0.1, 0.15) is 23.0 Å². The maximum Gasteiger partial charge on any atom is 0.410 e. The number of aromatic nitrogens is 3. The molecule has 0 radical (unpaired) electrons. The second kappa shape index (κ2) is 6.44. The Morgan fingerprint density at radius 3 is 2.65 bits per heavy atom. The quantitative estimate of drug-likeness (QED) is 0.824. The highest BCUT2D eigenvalue weighted by molar-refractivity contribution is 7.90. The third-order valence-electron chi connectivity index (χ3n) is 3.41. The van der Waals surface area contributed by atoms with E-state index in [1.54, 1.807) is 31.7 Å². The number of carbonyl (C=O) groups is 1. The van der Waals surface area contributed by atoms with Crippen molar-refractivity contribution >= 4 is 16.1 Å². The van der Waals surface area contributed by atoms with Crippen LogP contribution in [-0.4, -0.2) is 58.1 Å². The fourth-order valence-electron chi connectivity index (χ4n) is 2.07. The first-order valence-corrected chi connectivity index (χ1v) is 9.00. The Kier molecular flexibility index (Phi) is 4.95. The number of nitrogens with zero attached hydrogens (tertiary/aromatic N) is 4. The third-order valence-corrected chi connectivity index (χ3v) is 5.13. The van der Waals surface area contributed by atoms with Crippen molar-refractivity contribution in [2.45, 2.75) is 51.6 Å². The topological polar surface area (TPSA) is 106 Å². The predicted octanol–water partition coefficient (Wildman–Crippen LogP) is 0.337. The van der Waals surface area contributed by atoms with Crippen LogP contribution in [0.5, 0.6) is 0 Å². The Bertz CT molecular complexity index is 658. The molecule has 1 aromatic heterocycles. The van der Waals surface area contributed by atoms with Crippen LogP contribution < -0.4 is 4.72 Å². The molecule has 9 nitrogen and oxygen atoms in total. The van der Waals surface area contributed by atoms with Gasteiger partial charge in [0.15, 0.2) is 0 Å². The third kappa shape index (κ3) is 4.41. The minimum absolute atomic E-state index is 0.0825. The lowest BCUT2D eigenvalue weighted by atomic mass is 10.2. The van der Waals surface area contributed by atoms with E-state index in [0.29, 0.717) is 12.4 Å². The molecule has 1 N–H and O–H groups in total. The van der Waals surface area contributed by atoms with Gasteiger partial charge in [-0.1, -0.05) is 0 Å². The Morgan fingerprint density at radius 1 is 1.43 bits per heavy atom. The van der Waals surface area contributed by atoms with Crippen LogP contribution in [0.4, 0.5) is 4.79 Å². The van der Waals surface area contributed by atoms with E-state index in [0.717, 1.165) is 0 Å². The van der Waals surface area contributed by atoms with Crippen LogP contribution in [0.3, 0.4) is 0 Å². The monoisotopic (exact) mass is 345 g/mol. The van der Waals surface area contributed by atoms with Gasteiger partial charge in [0, 0.05) is 19.6 Å². The zero-order valence-electron chi connectivity index (χ0n) is 13.8. The lowest BCUT2D eigenvalue weighted by molar-refractivity contribution is 0.0138. The van der Waals surface area contributed by atoms with E-state index < -0.39 is 27.0 Å². The van der Waals surface area contributed by atoms with E-state index in [4.69, 9.17) is 4.74 Å². The van der Waals surface area contributed by atoms with Gasteiger partial charge in [-0.25, -0.2) is 17.9 Å². The standard InChI is InChI=1S/C13H23N5O4S/c1-5-17-9-14-16-11(17)6-15-23(20,21)10-7-18(8-10)12(19)22-13(2,3)4/h9-10,15H,5-8H2,1-4H3. The zero-order valence-corrected chi connectivity index (χ0v) is 14.6. The van der Waals surface area contributed by atoms with Crippen molar-refractivity contribution in [3.8, 4) is 0 Å². The van der Waals surface area contributed by atoms with Gasteiger partial charge in [0.25, 0.3) is 0 Å². The van der Waals surface area contributed by atoms with Crippen LogP contribution in [0, 0.1) is 0 Å². The van der Waals surface area contributed by atoms with Crippen molar-refractivity contribution in [3.63, 3.8) is 0 Å². The molecular weight excluding hydrogens is 322 g/mol. The Morgan fingerprint density at radius 2 is 2.09 bits per heavy atom. The van der Waals surface area contributed by atoms with Crippen molar-refractivity contribution in [1.29, 1.82) is 0 Å². The summed E-state index contributed by atoms with van der Waals surface area (Å²) in [5.74, 6) is 0.555. The molecule has 0 aromatic carbocycles. The van der Waals surface area contributed by atoms with Gasteiger partial charge >= 0.3 is 6.09 Å². The van der Waals surface area contributed by atoms with Gasteiger partial charge in [-0.05, 0) is 27.7 Å². The number of ether oxygens (including phenoxy) is 1. The van der Waals surface area contributed by atoms with E-state index in [1.165, 1.54) is 4.90 Å². The van der Waals surface area contributed by atoms with Crippen LogP contribution in [0.2, 0.25) is 0 Å². The Balaban J connectivity index is 1.85. The highest BCUT2D eigenvalue weighted by atomic mass is 32.2. The largest absolute Gasteiger partial charge is 0.444 e. The second-order valence-electron chi connectivity index (χ2n) is 6.41. The van der Waals surface area contributed by atoms with E-state index in [2.05, 4.69) is 14.9 Å². The van der Waals surface area contributed by atoms with Gasteiger partial charge in [0.05, 0.1) is 6.54 Å². The van der Waals surface area contributed by atoms with E-state index in [-0.39, 0.29) is 19.6 Å². The summed E-state index contributed by atoms with van der Waals surface area (Å²) in [5, 5.41) is 7.00. The summed E-state index contributed by atoms with van der Waals surface area (Å²) in [7, 11) is -3.52. The first-order chi connectivity index (χ1) is 10.6. The van der Waals surface area contributed by atoms with Gasteiger partial charge in [0.2, 0.25) is 10.0 Å². The lowest BCUT2D eigenvalue weighted by Crippen LogP contribution is -2.60. The van der Waals surface area contributed by atoms with Crippen LogP contribution >= 0.6 is 0 Å². The lowest BCUT2D eigenvalue weighted by Gasteiger charge is -2.39. The number of likely N-dealkylation sites (tertiary alicyclic amines) is 1. The summed E-state index contributed by atoms with van der Waals surface area (Å²) in [6.45, 7) is 8.24. The van der Waals surface area contributed by atoms with Crippen molar-refractivity contribution in [2.75, 3.05) is 13.1 Å². The average Bonchev–Trinajstić information content (AvgIpc) is 2.79. The first kappa shape index (κ1) is 17.7. The molecule has 1 saturated heterocycles. The SMILES string of the molecule is CCn1cnnc1CNS(=O)(=O)C1CN(C(=O)OC(C)(C)C)C1. The highest BCUT2D eigenvalue weighted by Crippen LogP contribution is 2.19. The summed E-state index contributed by atoms with van der Waals surface area (Å²) < 4.78 is 33.9. The molecule has 0 spiro atoms. The van der Waals surface area contributed by atoms with E-state index in [1.807, 2.05) is 6.92 Å². The van der Waals surface area contributed by atoms with Crippen molar-refractivity contribution in [1.82, 2.24) is 24.4 Å². The first-order valence-electron chi connectivity index (χ1n) is 7.45. The molecule has 0 atom stereocenters. The Labute approximate surface area is 136 Å². The van der Waals surface area contributed by atoms with Gasteiger partial charge in [-0.3, -0.25) is 0 Å². The van der Waals surface area contributed by atoms with E-state index in [9.17, 15) is 13.2 Å². The minimum atomic E-state index is -3.52. The average molecular weight is 345 g/mol. The maximum absolute atomic E-state index is 12.2. The van der Waals surface area contributed by atoms with Crippen LogP contribution in [0.25, 0.3) is 0 Å². The Hall–Kier alpha value is -1.68. The number of sulfonamides is 1. The molecule has 1 aliphatic rings. The number of carbonyl (C=O) groups excluding carboxylic acids is 1. The second-order valence-corrected chi connectivity index (χ2v) is 8.45. The molecule has 2 rings (SSSR count). The fraction of sp³-hybridized carbons (Fsp3) is 0.769. The summed E-state index contributed by atoms with van der Waals surface area (Å²) in [6.07, 6.45) is 1.06. The summed E-state index contributed by atoms with van der Waals surface area (Å²) >= 11 is 0. The molecule has 23 heavy (non-hydrogen) atoms. The summed E-state index contributed by atoms with van der Waals surface area (Å²) in [5.41, 5.74) is -0.594. The molecule has 2 heterocycles. The molecule has 130 valence electrons. The van der Waals surface area contributed by atoms with Gasteiger partial charge in [-0.2, -0.15) is 0 Å². The van der Waals surface area contributed by atoms with Crippen molar-refractivity contribution in [3.05, 3.63) is 12.2 Å². The number of hydrogen-bond donors (Lipinski definition) is 1. The number of rotatable bonds is 5. The van der Waals surface area contributed by atoms with Crippen LogP contribution in [0.1, 0.15) is 33.5 Å². The number of nitrogens with one attached hydrogen (secondary N) is 1. The van der Waals surface area contributed by atoms with Crippen molar-refractivity contribution in [2.24, 2.45) is 0 Å². The predicted molar refractivity (Wildman–Crippen MR) is 83.1 cm³/mol. The molecule has 1 aliphatic heterocycles. The minimum Gasteiger partial charge on any atom is -0.444 e. The molecule has 0 saturated carbocycles. The molecule has 0 aliphatic carbocycles. The van der Waals surface area contributed by atoms with Crippen LogP contribution in [-0.2, 0) is 27.8 Å². The van der Waals surface area contributed by atoms with E-state index >= 15 is 0 Å². The summed E-state index contributed by atoms with van der Waals surface area (Å²) in [6, 6.07) is 0. The van der Waals surface area contributed by atoms with Crippen LogP contribution in [0.15, 0.2) is 6.33 Å². The molecule has 1 amide bonds. The number of hydrogen-bond acceptors (Lipinski definition) is 6. The molecule has 0 bridgehead atoms. The zero-order chi connectivity index (χ0) is 17.3. The maximum atomic E-state index is 12.2.